The average Bonchev–Trinajstić information content (AvgIpc) is 3.33. The van der Waals surface area contributed by atoms with Gasteiger partial charge >= 0.3 is 0 Å². The van der Waals surface area contributed by atoms with Crippen LogP contribution in [0.5, 0.6) is 5.88 Å². The van der Waals surface area contributed by atoms with Gasteiger partial charge in [0.05, 0.1) is 31.0 Å². The molecule has 0 aliphatic carbocycles. The molecule has 1 aromatic carbocycles. The number of aliphatic imine (C=N–C) groups is 1. The Hall–Kier alpha value is -3.85. The molecule has 2 N–H and O–H groups in total. The van der Waals surface area contributed by atoms with E-state index in [2.05, 4.69) is 30.6 Å². The third kappa shape index (κ3) is 5.99. The number of amides is 1. The van der Waals surface area contributed by atoms with E-state index in [-0.39, 0.29) is 23.6 Å². The second-order valence-corrected chi connectivity index (χ2v) is 8.22. The van der Waals surface area contributed by atoms with Crippen molar-refractivity contribution in [2.24, 2.45) is 4.99 Å². The van der Waals surface area contributed by atoms with Gasteiger partial charge in [0.15, 0.2) is 0 Å². The van der Waals surface area contributed by atoms with Crippen LogP contribution < -0.4 is 15.4 Å². The van der Waals surface area contributed by atoms with Crippen LogP contribution in [0.2, 0.25) is 0 Å². The first-order valence-electron chi connectivity index (χ1n) is 10.3. The molecular formula is C23H20F3N6O2P. The Morgan fingerprint density at radius 2 is 1.91 bits per heavy atom. The molecule has 2 aromatic heterocycles. The number of benzene rings is 1. The molecule has 0 saturated heterocycles. The number of ether oxygens (including phenoxy) is 1. The number of nitrogens with one attached hydrogen (secondary N) is 2. The highest BCUT2D eigenvalue weighted by Gasteiger charge is 2.30. The zero-order valence-corrected chi connectivity index (χ0v) is 19.6. The first-order chi connectivity index (χ1) is 16.7. The maximum Gasteiger partial charge on any atom is 0.289 e. The summed E-state index contributed by atoms with van der Waals surface area (Å²) in [5, 5.41) is 5.42. The van der Waals surface area contributed by atoms with Crippen LogP contribution in [0.1, 0.15) is 17.5 Å². The van der Waals surface area contributed by atoms with E-state index in [1.54, 1.807) is 24.7 Å². The number of nitrogens with zero attached hydrogens (tertiary/aromatic N) is 4. The van der Waals surface area contributed by atoms with Crippen LogP contribution in [0.15, 0.2) is 59.7 Å². The molecule has 0 bridgehead atoms. The highest BCUT2D eigenvalue weighted by Crippen LogP contribution is 2.40. The highest BCUT2D eigenvalue weighted by atomic mass is 31.0. The van der Waals surface area contributed by atoms with E-state index in [0.29, 0.717) is 22.9 Å². The Morgan fingerprint density at radius 3 is 2.54 bits per heavy atom. The zero-order chi connectivity index (χ0) is 25.0. The maximum absolute atomic E-state index is 14.7. The summed E-state index contributed by atoms with van der Waals surface area (Å²) in [6.07, 6.45) is 8.37. The Bertz CT molecular complexity index is 1310. The minimum Gasteiger partial charge on any atom is -0.481 e. The summed E-state index contributed by atoms with van der Waals surface area (Å²) >= 11 is 0. The van der Waals surface area contributed by atoms with Crippen LogP contribution in [0, 0.1) is 5.82 Å². The van der Waals surface area contributed by atoms with Crippen LogP contribution in [-0.4, -0.2) is 34.2 Å². The van der Waals surface area contributed by atoms with Gasteiger partial charge in [0.1, 0.15) is 11.6 Å². The van der Waals surface area contributed by atoms with Gasteiger partial charge in [-0.3, -0.25) is 4.79 Å². The molecule has 35 heavy (non-hydrogen) atoms. The summed E-state index contributed by atoms with van der Waals surface area (Å²) in [5.41, 5.74) is -2.52. The van der Waals surface area contributed by atoms with E-state index in [1.807, 2.05) is 6.08 Å². The second-order valence-electron chi connectivity index (χ2n) is 7.49. The molecule has 8 nitrogen and oxygen atoms in total. The van der Waals surface area contributed by atoms with Crippen LogP contribution in [-0.2, 0) is 16.9 Å². The summed E-state index contributed by atoms with van der Waals surface area (Å²) in [4.78, 5) is 28.7. The summed E-state index contributed by atoms with van der Waals surface area (Å²) in [6.45, 7) is 0. The van der Waals surface area contributed by atoms with Crippen molar-refractivity contribution in [3.8, 4) is 17.0 Å². The van der Waals surface area contributed by atoms with Gasteiger partial charge in [-0.1, -0.05) is 21.4 Å². The smallest absolute Gasteiger partial charge is 0.289 e. The molecule has 1 aliphatic heterocycles. The lowest BCUT2D eigenvalue weighted by molar-refractivity contribution is -0.115. The number of hydrogen-bond acceptors (Lipinski definition) is 7. The third-order valence-corrected chi connectivity index (χ3v) is 5.27. The van der Waals surface area contributed by atoms with E-state index in [1.165, 1.54) is 34.7 Å². The van der Waals surface area contributed by atoms with Crippen molar-refractivity contribution in [1.29, 1.82) is 0 Å². The summed E-state index contributed by atoms with van der Waals surface area (Å²) < 4.78 is 47.1. The van der Waals surface area contributed by atoms with Gasteiger partial charge in [0.25, 0.3) is 5.66 Å². The molecule has 12 heteroatoms. The van der Waals surface area contributed by atoms with Gasteiger partial charge in [-0.05, 0) is 29.3 Å². The number of rotatable bonds is 8. The van der Waals surface area contributed by atoms with Gasteiger partial charge in [-0.2, -0.15) is 8.78 Å². The third-order valence-electron chi connectivity index (χ3n) is 4.96. The van der Waals surface area contributed by atoms with Crippen molar-refractivity contribution in [3.63, 3.8) is 0 Å². The molecule has 1 atom stereocenters. The fourth-order valence-electron chi connectivity index (χ4n) is 3.28. The standard InChI is InChI=1S/C23H20F3N6O2P/c1-34-21-17(23(25,26)35)9-16(12-28-21)31-20(33)8-14-5-4-13(7-18(14)24)15-10-29-22(30-11-15)32-19-3-2-6-27-19/h3-7,9-12H,2,8,35H2,1H3,(H,31,33)(H,29,30,32). The van der Waals surface area contributed by atoms with E-state index in [0.717, 1.165) is 12.5 Å². The number of aromatic nitrogens is 3. The van der Waals surface area contributed by atoms with E-state index < -0.39 is 23.0 Å². The number of methoxy groups -OCH3 is 1. The topological polar surface area (TPSA) is 101 Å². The fourth-order valence-corrected chi connectivity index (χ4v) is 3.48. The highest BCUT2D eigenvalue weighted by molar-refractivity contribution is 7.17. The Kier molecular flexibility index (Phi) is 7.07. The lowest BCUT2D eigenvalue weighted by atomic mass is 10.0. The molecule has 0 radical (unpaired) electrons. The Labute approximate surface area is 201 Å². The Morgan fingerprint density at radius 1 is 1.14 bits per heavy atom. The fraction of sp³-hybridized carbons (Fsp3) is 0.174. The zero-order valence-electron chi connectivity index (χ0n) is 18.4. The number of carbonyl (C=O) groups excluding carboxylic acids is 1. The van der Waals surface area contributed by atoms with E-state index in [4.69, 9.17) is 4.74 Å². The minimum atomic E-state index is -3.30. The molecule has 1 aliphatic rings. The molecule has 3 aromatic rings. The van der Waals surface area contributed by atoms with E-state index in [9.17, 15) is 18.0 Å². The normalized spacial score (nSPS) is 12.9. The van der Waals surface area contributed by atoms with Crippen LogP contribution in [0.25, 0.3) is 11.1 Å². The number of pyridine rings is 1. The van der Waals surface area contributed by atoms with Crippen LogP contribution in [0.3, 0.4) is 0 Å². The van der Waals surface area contributed by atoms with Crippen molar-refractivity contribution in [1.82, 2.24) is 15.0 Å². The van der Waals surface area contributed by atoms with Gasteiger partial charge in [-0.25, -0.2) is 24.3 Å². The van der Waals surface area contributed by atoms with Gasteiger partial charge < -0.3 is 15.4 Å². The number of anilines is 2. The molecule has 180 valence electrons. The largest absolute Gasteiger partial charge is 0.481 e. The quantitative estimate of drug-likeness (QED) is 0.441. The molecule has 0 fully saturated rings. The van der Waals surface area contributed by atoms with Crippen molar-refractivity contribution in [3.05, 3.63) is 71.7 Å². The lowest BCUT2D eigenvalue weighted by Gasteiger charge is -2.15. The van der Waals surface area contributed by atoms with Crippen molar-refractivity contribution >= 4 is 33.0 Å². The summed E-state index contributed by atoms with van der Waals surface area (Å²) in [7, 11) is 2.61. The first kappa shape index (κ1) is 24.3. The van der Waals surface area contributed by atoms with E-state index >= 15 is 0 Å². The molecule has 1 amide bonds. The number of halogens is 3. The lowest BCUT2D eigenvalue weighted by Crippen LogP contribution is -2.16. The molecule has 1 unspecified atom stereocenters. The number of allylic oxidation sites excluding steroid dienone is 1. The Balaban J connectivity index is 1.43. The van der Waals surface area contributed by atoms with Gasteiger partial charge in [0, 0.05) is 30.6 Å². The summed E-state index contributed by atoms with van der Waals surface area (Å²) in [6, 6.07) is 5.45. The number of carbonyl (C=O) groups is 1. The first-order valence-corrected chi connectivity index (χ1v) is 10.9. The minimum absolute atomic E-state index is 0.0369. The van der Waals surface area contributed by atoms with Gasteiger partial charge in [0.2, 0.25) is 17.7 Å². The molecule has 3 heterocycles. The average molecular weight is 500 g/mol. The van der Waals surface area contributed by atoms with Crippen LogP contribution in [0.4, 0.5) is 24.8 Å². The monoisotopic (exact) mass is 500 g/mol. The predicted octanol–water partition coefficient (Wildman–Crippen LogP) is 4.52. The molecular weight excluding hydrogens is 480 g/mol. The number of hydrogen-bond donors (Lipinski definition) is 2. The SMILES string of the molecule is COc1ncc(NC(=O)Cc2ccc(-c3cnc(NC4=CCC=N4)nc3)cc2F)cc1C(F)(F)P. The molecule has 0 spiro atoms. The van der Waals surface area contributed by atoms with Gasteiger partial charge in [-0.15, -0.1) is 0 Å². The van der Waals surface area contributed by atoms with Crippen LogP contribution >= 0.6 is 9.24 Å². The second kappa shape index (κ2) is 10.2. The predicted molar refractivity (Wildman–Crippen MR) is 129 cm³/mol. The van der Waals surface area contributed by atoms with Crippen molar-refractivity contribution in [2.75, 3.05) is 17.7 Å². The van der Waals surface area contributed by atoms with Crippen molar-refractivity contribution in [2.45, 2.75) is 18.5 Å². The number of alkyl halides is 2. The maximum atomic E-state index is 14.7. The van der Waals surface area contributed by atoms with Crippen molar-refractivity contribution < 1.29 is 22.7 Å². The molecule has 4 rings (SSSR count). The molecule has 0 saturated carbocycles. The summed E-state index contributed by atoms with van der Waals surface area (Å²) in [5.74, 6) is -0.431.